The molecule has 0 saturated heterocycles. The van der Waals surface area contributed by atoms with Gasteiger partial charge in [-0.05, 0) is 12.5 Å². The molecule has 0 bridgehead atoms. The summed E-state index contributed by atoms with van der Waals surface area (Å²) in [7, 11) is 0. The van der Waals surface area contributed by atoms with E-state index in [-0.39, 0.29) is 12.6 Å². The Balaban J connectivity index is 1.92. The van der Waals surface area contributed by atoms with Gasteiger partial charge in [0.05, 0.1) is 5.56 Å². The average molecular weight is 258 g/mol. The van der Waals surface area contributed by atoms with Gasteiger partial charge in [-0.25, -0.2) is 4.79 Å². The summed E-state index contributed by atoms with van der Waals surface area (Å²) in [6, 6.07) is 12.9. The molecule has 1 aromatic heterocycles. The van der Waals surface area contributed by atoms with E-state index in [2.05, 4.69) is 0 Å². The molecule has 0 aliphatic heterocycles. The highest BCUT2D eigenvalue weighted by molar-refractivity contribution is 5.88. The Hall–Kier alpha value is -2.36. The summed E-state index contributed by atoms with van der Waals surface area (Å²) in [6.45, 7) is 2.75. The number of hydrogen-bond acceptors (Lipinski definition) is 3. The standard InChI is InChI=1S/C15H16NO3/c1-2-19-16-10-8-14(9-11-16)15(17)18-12-13-6-4-3-5-7-13/h3-11H,2,12H2,1H3/q+1. The first-order valence-electron chi connectivity index (χ1n) is 6.15. The molecule has 2 aromatic rings. The zero-order valence-corrected chi connectivity index (χ0v) is 10.8. The lowest BCUT2D eigenvalue weighted by Crippen LogP contribution is -2.41. The monoisotopic (exact) mass is 258 g/mol. The number of carbonyl (C=O) groups excluding carboxylic acids is 1. The summed E-state index contributed by atoms with van der Waals surface area (Å²) in [4.78, 5) is 17.0. The maximum Gasteiger partial charge on any atom is 0.338 e. The van der Waals surface area contributed by atoms with Crippen LogP contribution in [0.2, 0.25) is 0 Å². The molecule has 0 fully saturated rings. The van der Waals surface area contributed by atoms with E-state index in [1.54, 1.807) is 29.3 Å². The van der Waals surface area contributed by atoms with E-state index in [0.717, 1.165) is 5.56 Å². The van der Waals surface area contributed by atoms with Crippen LogP contribution >= 0.6 is 0 Å². The second-order valence-corrected chi connectivity index (χ2v) is 3.93. The fraction of sp³-hybridized carbons (Fsp3) is 0.200. The predicted molar refractivity (Wildman–Crippen MR) is 69.3 cm³/mol. The quantitative estimate of drug-likeness (QED) is 0.606. The molecule has 0 N–H and O–H groups in total. The molecule has 98 valence electrons. The second-order valence-electron chi connectivity index (χ2n) is 3.93. The second kappa shape index (κ2) is 6.54. The summed E-state index contributed by atoms with van der Waals surface area (Å²) in [5.74, 6) is -0.340. The molecule has 4 heteroatoms. The van der Waals surface area contributed by atoms with Crippen molar-refractivity contribution in [3.63, 3.8) is 0 Å². The minimum atomic E-state index is -0.340. The zero-order valence-electron chi connectivity index (χ0n) is 10.8. The molecule has 0 amide bonds. The summed E-state index contributed by atoms with van der Waals surface area (Å²) in [5, 5.41) is 0. The summed E-state index contributed by atoms with van der Waals surface area (Å²) >= 11 is 0. The Morgan fingerprint density at radius 3 is 2.42 bits per heavy atom. The lowest BCUT2D eigenvalue weighted by molar-refractivity contribution is -0.891. The van der Waals surface area contributed by atoms with E-state index in [4.69, 9.17) is 9.57 Å². The van der Waals surface area contributed by atoms with Crippen LogP contribution < -0.4 is 9.57 Å². The molecule has 0 unspecified atom stereocenters. The lowest BCUT2D eigenvalue weighted by atomic mass is 10.2. The van der Waals surface area contributed by atoms with Gasteiger partial charge in [0.1, 0.15) is 6.61 Å². The Morgan fingerprint density at radius 2 is 1.79 bits per heavy atom. The number of hydrogen-bond donors (Lipinski definition) is 0. The van der Waals surface area contributed by atoms with Crippen LogP contribution in [0.5, 0.6) is 0 Å². The average Bonchev–Trinajstić information content (AvgIpc) is 2.47. The molecule has 2 rings (SSSR count). The van der Waals surface area contributed by atoms with E-state index >= 15 is 0 Å². The van der Waals surface area contributed by atoms with Gasteiger partial charge in [0.25, 0.3) is 0 Å². The molecule has 0 aliphatic rings. The first kappa shape index (κ1) is 13.1. The van der Waals surface area contributed by atoms with Gasteiger partial charge in [-0.1, -0.05) is 30.3 Å². The van der Waals surface area contributed by atoms with Crippen molar-refractivity contribution < 1.29 is 19.1 Å². The number of esters is 1. The number of ether oxygens (including phenoxy) is 1. The molecule has 0 atom stereocenters. The third kappa shape index (κ3) is 3.81. The van der Waals surface area contributed by atoms with Crippen molar-refractivity contribution in [2.45, 2.75) is 13.5 Å². The Kier molecular flexibility index (Phi) is 4.50. The molecule has 0 radical (unpaired) electrons. The van der Waals surface area contributed by atoms with Crippen LogP contribution in [0.1, 0.15) is 22.8 Å². The predicted octanol–water partition coefficient (Wildman–Crippen LogP) is 1.78. The van der Waals surface area contributed by atoms with Crippen LogP contribution in [0.3, 0.4) is 0 Å². The molecule has 4 nitrogen and oxygen atoms in total. The Labute approximate surface area is 112 Å². The van der Waals surface area contributed by atoms with Crippen LogP contribution in [0.15, 0.2) is 54.9 Å². The van der Waals surface area contributed by atoms with Crippen molar-refractivity contribution >= 4 is 5.97 Å². The van der Waals surface area contributed by atoms with Gasteiger partial charge in [0.2, 0.25) is 12.4 Å². The summed E-state index contributed by atoms with van der Waals surface area (Å²) < 4.78 is 6.77. The van der Waals surface area contributed by atoms with Crippen molar-refractivity contribution in [2.75, 3.05) is 6.61 Å². The topological polar surface area (TPSA) is 39.4 Å². The summed E-state index contributed by atoms with van der Waals surface area (Å²) in [5.41, 5.74) is 1.48. The van der Waals surface area contributed by atoms with Gasteiger partial charge >= 0.3 is 5.97 Å². The van der Waals surface area contributed by atoms with E-state index < -0.39 is 0 Å². The zero-order chi connectivity index (χ0) is 13.5. The van der Waals surface area contributed by atoms with Gasteiger partial charge in [0, 0.05) is 16.9 Å². The normalized spacial score (nSPS) is 9.95. The van der Waals surface area contributed by atoms with Crippen molar-refractivity contribution in [1.29, 1.82) is 0 Å². The van der Waals surface area contributed by atoms with Gasteiger partial charge in [-0.2, -0.15) is 0 Å². The number of nitrogens with zero attached hydrogens (tertiary/aromatic N) is 1. The highest BCUT2D eigenvalue weighted by Crippen LogP contribution is 2.04. The number of rotatable bonds is 5. The fourth-order valence-corrected chi connectivity index (χ4v) is 1.59. The van der Waals surface area contributed by atoms with Crippen LogP contribution in [0.25, 0.3) is 0 Å². The highest BCUT2D eigenvalue weighted by Gasteiger charge is 2.10. The van der Waals surface area contributed by atoms with Gasteiger partial charge in [0.15, 0.2) is 6.61 Å². The molecule has 0 aliphatic carbocycles. The maximum absolute atomic E-state index is 11.8. The number of aromatic nitrogens is 1. The van der Waals surface area contributed by atoms with E-state index in [1.807, 2.05) is 37.3 Å². The molecule has 1 heterocycles. The Morgan fingerprint density at radius 1 is 1.11 bits per heavy atom. The summed E-state index contributed by atoms with van der Waals surface area (Å²) in [6.07, 6.45) is 3.37. The van der Waals surface area contributed by atoms with E-state index in [0.29, 0.717) is 12.2 Å². The van der Waals surface area contributed by atoms with Crippen LogP contribution in [0, 0.1) is 0 Å². The van der Waals surface area contributed by atoms with Gasteiger partial charge in [-0.3, -0.25) is 4.84 Å². The SMILES string of the molecule is CCO[n+]1ccc(C(=O)OCc2ccccc2)cc1. The number of carbonyl (C=O) groups is 1. The molecular weight excluding hydrogens is 242 g/mol. The lowest BCUT2D eigenvalue weighted by Gasteiger charge is -2.04. The van der Waals surface area contributed by atoms with Gasteiger partial charge in [-0.15, -0.1) is 0 Å². The van der Waals surface area contributed by atoms with Crippen molar-refractivity contribution in [2.24, 2.45) is 0 Å². The fourth-order valence-electron chi connectivity index (χ4n) is 1.59. The van der Waals surface area contributed by atoms with E-state index in [1.165, 1.54) is 0 Å². The first-order chi connectivity index (χ1) is 9.29. The molecule has 0 saturated carbocycles. The third-order valence-electron chi connectivity index (χ3n) is 2.53. The van der Waals surface area contributed by atoms with Gasteiger partial charge < -0.3 is 4.74 Å². The van der Waals surface area contributed by atoms with Crippen LogP contribution in [-0.4, -0.2) is 12.6 Å². The number of pyridine rings is 1. The molecular formula is C15H16NO3+. The van der Waals surface area contributed by atoms with E-state index in [9.17, 15) is 4.79 Å². The third-order valence-corrected chi connectivity index (χ3v) is 2.53. The Bertz CT molecular complexity index is 523. The van der Waals surface area contributed by atoms with Crippen molar-refractivity contribution in [3.05, 3.63) is 66.0 Å². The van der Waals surface area contributed by atoms with Crippen LogP contribution in [0.4, 0.5) is 0 Å². The highest BCUT2D eigenvalue weighted by atomic mass is 16.7. The van der Waals surface area contributed by atoms with Crippen LogP contribution in [-0.2, 0) is 11.3 Å². The minimum absolute atomic E-state index is 0.278. The minimum Gasteiger partial charge on any atom is -0.457 e. The number of benzene rings is 1. The molecule has 1 aromatic carbocycles. The smallest absolute Gasteiger partial charge is 0.338 e. The van der Waals surface area contributed by atoms with Crippen molar-refractivity contribution in [1.82, 2.24) is 0 Å². The maximum atomic E-state index is 11.8. The molecule has 0 spiro atoms. The first-order valence-corrected chi connectivity index (χ1v) is 6.15. The molecule has 19 heavy (non-hydrogen) atoms. The van der Waals surface area contributed by atoms with Crippen molar-refractivity contribution in [3.8, 4) is 0 Å². The largest absolute Gasteiger partial charge is 0.457 e.